The molecule has 1 aliphatic heterocycles. The molecular formula is C24H31N5O5. The van der Waals surface area contributed by atoms with E-state index in [2.05, 4.69) is 20.8 Å². The molecular weight excluding hydrogens is 438 g/mol. The van der Waals surface area contributed by atoms with Crippen molar-refractivity contribution in [2.24, 2.45) is 11.8 Å². The van der Waals surface area contributed by atoms with Crippen molar-refractivity contribution in [2.75, 3.05) is 6.54 Å². The van der Waals surface area contributed by atoms with Crippen molar-refractivity contribution in [1.82, 2.24) is 25.7 Å². The second-order valence-electron chi connectivity index (χ2n) is 9.38. The van der Waals surface area contributed by atoms with E-state index in [0.717, 1.165) is 16.0 Å². The van der Waals surface area contributed by atoms with Gasteiger partial charge in [-0.05, 0) is 30.7 Å². The van der Waals surface area contributed by atoms with Gasteiger partial charge < -0.3 is 15.1 Å². The number of imide groups is 1. The van der Waals surface area contributed by atoms with Crippen molar-refractivity contribution in [3.8, 4) is 0 Å². The summed E-state index contributed by atoms with van der Waals surface area (Å²) in [7, 11) is 0. The van der Waals surface area contributed by atoms with Crippen LogP contribution in [0.1, 0.15) is 61.8 Å². The van der Waals surface area contributed by atoms with Crippen LogP contribution in [0.2, 0.25) is 0 Å². The maximum atomic E-state index is 13.0. The summed E-state index contributed by atoms with van der Waals surface area (Å²) in [5, 5.41) is 13.0. The van der Waals surface area contributed by atoms with Gasteiger partial charge in [0.15, 0.2) is 0 Å². The van der Waals surface area contributed by atoms with Crippen LogP contribution in [0.5, 0.6) is 0 Å². The van der Waals surface area contributed by atoms with Gasteiger partial charge in [0.25, 0.3) is 11.8 Å². The first-order valence-corrected chi connectivity index (χ1v) is 11.4. The van der Waals surface area contributed by atoms with Gasteiger partial charge in [0.05, 0.1) is 12.5 Å². The second kappa shape index (κ2) is 10.6. The number of nitrogens with one attached hydrogen (secondary N) is 2. The van der Waals surface area contributed by atoms with Crippen molar-refractivity contribution >= 4 is 23.6 Å². The Morgan fingerprint density at radius 3 is 2.56 bits per heavy atom. The number of hydrogen-bond acceptors (Lipinski definition) is 7. The van der Waals surface area contributed by atoms with Crippen molar-refractivity contribution in [3.63, 3.8) is 0 Å². The number of carbonyl (C=O) groups excluding carboxylic acids is 4. The number of aromatic nitrogens is 2. The van der Waals surface area contributed by atoms with E-state index >= 15 is 0 Å². The van der Waals surface area contributed by atoms with E-state index in [1.165, 1.54) is 0 Å². The summed E-state index contributed by atoms with van der Waals surface area (Å²) in [6, 6.07) is 5.61. The van der Waals surface area contributed by atoms with Crippen LogP contribution >= 0.6 is 0 Å². The number of nitrogens with zero attached hydrogens (tertiary/aromatic N) is 3. The standard InChI is InChI=1S/C24H31N5O5/c1-13(2)9-17-23(32)29(24(33)25-17)12-18(30)26-20(14(3)4)21(31)22-28-27-19(34-22)11-16-8-6-7-15(5)10-16/h6-8,10,13-14,17,20H,9,11-12H2,1-5H3,(H,25,33)(H,26,30)/t17-,20+/m1/s1. The Bertz CT molecular complexity index is 1080. The smallest absolute Gasteiger partial charge is 0.325 e. The summed E-state index contributed by atoms with van der Waals surface area (Å²) in [5.41, 5.74) is 2.07. The first-order valence-electron chi connectivity index (χ1n) is 11.4. The minimum absolute atomic E-state index is 0.200. The Morgan fingerprint density at radius 1 is 1.18 bits per heavy atom. The molecule has 2 heterocycles. The molecule has 0 aliphatic carbocycles. The van der Waals surface area contributed by atoms with Gasteiger partial charge in [-0.25, -0.2) is 4.79 Å². The number of rotatable bonds is 10. The third-order valence-corrected chi connectivity index (χ3v) is 5.50. The van der Waals surface area contributed by atoms with Gasteiger partial charge in [0, 0.05) is 0 Å². The maximum Gasteiger partial charge on any atom is 0.325 e. The minimum Gasteiger partial charge on any atom is -0.418 e. The zero-order valence-corrected chi connectivity index (χ0v) is 20.1. The number of carbonyl (C=O) groups is 4. The van der Waals surface area contributed by atoms with Crippen LogP contribution in [0.25, 0.3) is 0 Å². The average molecular weight is 470 g/mol. The molecule has 3 rings (SSSR count). The Hall–Kier alpha value is -3.56. The molecule has 0 unspecified atom stereocenters. The van der Waals surface area contributed by atoms with Crippen molar-refractivity contribution in [1.29, 1.82) is 0 Å². The molecule has 1 aliphatic rings. The molecule has 2 aromatic rings. The normalized spacial score (nSPS) is 16.8. The summed E-state index contributed by atoms with van der Waals surface area (Å²) in [6.07, 6.45) is 0.863. The lowest BCUT2D eigenvalue weighted by atomic mass is 9.99. The van der Waals surface area contributed by atoms with Gasteiger partial charge in [0.2, 0.25) is 17.6 Å². The highest BCUT2D eigenvalue weighted by Gasteiger charge is 2.39. The molecule has 1 saturated heterocycles. The molecule has 2 N–H and O–H groups in total. The molecule has 1 aromatic heterocycles. The number of urea groups is 1. The van der Waals surface area contributed by atoms with Crippen molar-refractivity contribution < 1.29 is 23.6 Å². The molecule has 10 nitrogen and oxygen atoms in total. The van der Waals surface area contributed by atoms with Gasteiger partial charge in [-0.1, -0.05) is 57.5 Å². The fraction of sp³-hybridized carbons (Fsp3) is 0.500. The molecule has 0 spiro atoms. The summed E-state index contributed by atoms with van der Waals surface area (Å²) in [4.78, 5) is 51.2. The van der Waals surface area contributed by atoms with Crippen LogP contribution in [-0.2, 0) is 16.0 Å². The van der Waals surface area contributed by atoms with Gasteiger partial charge >= 0.3 is 6.03 Å². The largest absolute Gasteiger partial charge is 0.418 e. The number of Topliss-reactive ketones (excluding diaryl/α,β-unsaturated/α-hetero) is 1. The highest BCUT2D eigenvalue weighted by Crippen LogP contribution is 2.16. The van der Waals surface area contributed by atoms with E-state index in [1.54, 1.807) is 13.8 Å². The molecule has 0 bridgehead atoms. The summed E-state index contributed by atoms with van der Waals surface area (Å²) in [6.45, 7) is 8.91. The molecule has 1 fully saturated rings. The van der Waals surface area contributed by atoms with Crippen LogP contribution < -0.4 is 10.6 Å². The Kier molecular flexibility index (Phi) is 7.80. The lowest BCUT2D eigenvalue weighted by Gasteiger charge is -2.21. The minimum atomic E-state index is -0.952. The molecule has 2 atom stereocenters. The van der Waals surface area contributed by atoms with Crippen LogP contribution in [0.15, 0.2) is 28.7 Å². The van der Waals surface area contributed by atoms with Crippen molar-refractivity contribution in [3.05, 3.63) is 47.2 Å². The average Bonchev–Trinajstić information content (AvgIpc) is 3.31. The van der Waals surface area contributed by atoms with Gasteiger partial charge in [-0.15, -0.1) is 10.2 Å². The molecule has 182 valence electrons. The van der Waals surface area contributed by atoms with E-state index < -0.39 is 42.3 Å². The first-order chi connectivity index (χ1) is 16.0. The number of hydrogen-bond donors (Lipinski definition) is 2. The number of amides is 4. The van der Waals surface area contributed by atoms with E-state index in [-0.39, 0.29) is 17.7 Å². The third kappa shape index (κ3) is 6.06. The highest BCUT2D eigenvalue weighted by molar-refractivity contribution is 6.07. The Balaban J connectivity index is 1.64. The first kappa shape index (κ1) is 25.1. The molecule has 10 heteroatoms. The van der Waals surface area contributed by atoms with Crippen LogP contribution in [0.4, 0.5) is 4.79 Å². The van der Waals surface area contributed by atoms with E-state index in [0.29, 0.717) is 18.7 Å². The molecule has 4 amide bonds. The number of aryl methyl sites for hydroxylation is 1. The van der Waals surface area contributed by atoms with E-state index in [1.807, 2.05) is 45.0 Å². The fourth-order valence-corrected chi connectivity index (χ4v) is 3.81. The number of benzene rings is 1. The van der Waals surface area contributed by atoms with E-state index in [9.17, 15) is 19.2 Å². The van der Waals surface area contributed by atoms with Crippen LogP contribution in [-0.4, -0.2) is 57.4 Å². The Labute approximate surface area is 198 Å². The van der Waals surface area contributed by atoms with E-state index in [4.69, 9.17) is 4.42 Å². The third-order valence-electron chi connectivity index (χ3n) is 5.50. The zero-order valence-electron chi connectivity index (χ0n) is 20.1. The van der Waals surface area contributed by atoms with Gasteiger partial charge in [0.1, 0.15) is 12.6 Å². The Morgan fingerprint density at radius 2 is 1.91 bits per heavy atom. The maximum absolute atomic E-state index is 13.0. The van der Waals surface area contributed by atoms with Crippen molar-refractivity contribution in [2.45, 2.75) is 59.5 Å². The summed E-state index contributed by atoms with van der Waals surface area (Å²) < 4.78 is 5.57. The van der Waals surface area contributed by atoms with Crippen LogP contribution in [0, 0.1) is 18.8 Å². The zero-order chi connectivity index (χ0) is 25.0. The lowest BCUT2D eigenvalue weighted by molar-refractivity contribution is -0.132. The summed E-state index contributed by atoms with van der Waals surface area (Å²) in [5.74, 6) is -1.59. The van der Waals surface area contributed by atoms with Gasteiger partial charge in [-0.2, -0.15) is 0 Å². The molecule has 0 saturated carbocycles. The SMILES string of the molecule is Cc1cccc(Cc2nnc(C(=O)[C@@H](NC(=O)CN3C(=O)N[C@H](CC(C)C)C3=O)C(C)C)o2)c1. The predicted molar refractivity (Wildman–Crippen MR) is 123 cm³/mol. The second-order valence-corrected chi connectivity index (χ2v) is 9.38. The monoisotopic (exact) mass is 469 g/mol. The number of ketones is 1. The topological polar surface area (TPSA) is 134 Å². The molecule has 1 aromatic carbocycles. The summed E-state index contributed by atoms with van der Waals surface area (Å²) >= 11 is 0. The van der Waals surface area contributed by atoms with Gasteiger partial charge in [-0.3, -0.25) is 19.3 Å². The lowest BCUT2D eigenvalue weighted by Crippen LogP contribution is -2.49. The predicted octanol–water partition coefficient (Wildman–Crippen LogP) is 2.26. The quantitative estimate of drug-likeness (QED) is 0.402. The fourth-order valence-electron chi connectivity index (χ4n) is 3.81. The molecule has 0 radical (unpaired) electrons. The van der Waals surface area contributed by atoms with Crippen LogP contribution in [0.3, 0.4) is 0 Å². The molecule has 34 heavy (non-hydrogen) atoms. The highest BCUT2D eigenvalue weighted by atomic mass is 16.4.